The lowest BCUT2D eigenvalue weighted by molar-refractivity contribution is -0.245. The molecule has 22 heavy (non-hydrogen) atoms. The van der Waals surface area contributed by atoms with Crippen molar-refractivity contribution in [3.63, 3.8) is 0 Å². The van der Waals surface area contributed by atoms with E-state index in [1.807, 2.05) is 6.92 Å². The molecule has 0 N–H and O–H groups in total. The smallest absolute Gasteiger partial charge is 0.378 e. The summed E-state index contributed by atoms with van der Waals surface area (Å²) >= 11 is 0. The van der Waals surface area contributed by atoms with E-state index in [1.165, 1.54) is 14.0 Å². The first-order valence-corrected chi connectivity index (χ1v) is 8.32. The van der Waals surface area contributed by atoms with E-state index in [0.29, 0.717) is 6.61 Å². The number of unbranched alkanes of at least 4 members (excludes halogenated alkanes) is 1. The van der Waals surface area contributed by atoms with Gasteiger partial charge >= 0.3 is 15.6 Å². The fourth-order valence-corrected chi connectivity index (χ4v) is 2.72. The fourth-order valence-electron chi connectivity index (χ4n) is 2.04. The van der Waals surface area contributed by atoms with Gasteiger partial charge in [-0.25, -0.2) is 0 Å². The maximum absolute atomic E-state index is 12.4. The van der Waals surface area contributed by atoms with E-state index in [4.69, 9.17) is 14.2 Å². The molecule has 0 bridgehead atoms. The van der Waals surface area contributed by atoms with Gasteiger partial charge in [0.15, 0.2) is 6.29 Å². The highest BCUT2D eigenvalue weighted by atomic mass is 32.2. The second kappa shape index (κ2) is 7.91. The van der Waals surface area contributed by atoms with Crippen LogP contribution in [-0.4, -0.2) is 52.2 Å². The van der Waals surface area contributed by atoms with Gasteiger partial charge in [-0.1, -0.05) is 13.3 Å². The van der Waals surface area contributed by atoms with Crippen LogP contribution in [0.4, 0.5) is 13.2 Å². The minimum atomic E-state index is -5.71. The number of ether oxygens (including phenoxy) is 3. The molecule has 6 nitrogen and oxygen atoms in total. The predicted octanol–water partition coefficient (Wildman–Crippen LogP) is 2.19. The van der Waals surface area contributed by atoms with Gasteiger partial charge in [0.1, 0.15) is 6.10 Å². The minimum Gasteiger partial charge on any atom is -0.378 e. The molecule has 1 aliphatic heterocycles. The van der Waals surface area contributed by atoms with Crippen molar-refractivity contribution in [1.82, 2.24) is 0 Å². The Morgan fingerprint density at radius 2 is 1.95 bits per heavy atom. The van der Waals surface area contributed by atoms with Crippen molar-refractivity contribution in [1.29, 1.82) is 0 Å². The van der Waals surface area contributed by atoms with Crippen molar-refractivity contribution in [3.8, 4) is 0 Å². The van der Waals surface area contributed by atoms with Crippen LogP contribution in [0.1, 0.15) is 33.1 Å². The molecule has 1 saturated heterocycles. The highest BCUT2D eigenvalue weighted by Crippen LogP contribution is 2.32. The SMILES string of the molecule is CCCCO[C@@H]1C[C@H](OC)[C@@H](OS(=O)(=O)C(F)(F)F)[C@H](C)O1. The molecule has 1 rings (SSSR count). The van der Waals surface area contributed by atoms with Gasteiger partial charge in [0, 0.05) is 20.1 Å². The molecule has 0 aromatic heterocycles. The third-order valence-corrected chi connectivity index (χ3v) is 4.29. The maximum Gasteiger partial charge on any atom is 0.523 e. The van der Waals surface area contributed by atoms with Crippen molar-refractivity contribution in [2.45, 2.75) is 63.2 Å². The van der Waals surface area contributed by atoms with Gasteiger partial charge < -0.3 is 14.2 Å². The molecule has 0 spiro atoms. The molecule has 0 aromatic rings. The number of rotatable bonds is 7. The molecular weight excluding hydrogens is 329 g/mol. The van der Waals surface area contributed by atoms with E-state index in [0.717, 1.165) is 12.8 Å². The van der Waals surface area contributed by atoms with Crippen LogP contribution in [0.5, 0.6) is 0 Å². The van der Waals surface area contributed by atoms with E-state index in [2.05, 4.69) is 4.18 Å². The van der Waals surface area contributed by atoms with Crippen LogP contribution in [0.15, 0.2) is 0 Å². The van der Waals surface area contributed by atoms with Crippen LogP contribution in [-0.2, 0) is 28.5 Å². The van der Waals surface area contributed by atoms with Crippen molar-refractivity contribution >= 4 is 10.1 Å². The summed E-state index contributed by atoms with van der Waals surface area (Å²) in [4.78, 5) is 0. The Morgan fingerprint density at radius 3 is 2.45 bits per heavy atom. The predicted molar refractivity (Wildman–Crippen MR) is 70.5 cm³/mol. The van der Waals surface area contributed by atoms with Gasteiger partial charge in [0.05, 0.1) is 12.2 Å². The Balaban J connectivity index is 2.73. The van der Waals surface area contributed by atoms with Crippen molar-refractivity contribution in [2.75, 3.05) is 13.7 Å². The largest absolute Gasteiger partial charge is 0.523 e. The Kier molecular flexibility index (Phi) is 7.06. The number of halogens is 3. The first-order chi connectivity index (χ1) is 10.1. The molecule has 1 fully saturated rings. The zero-order valence-electron chi connectivity index (χ0n) is 12.6. The molecular formula is C12H21F3O6S. The summed E-state index contributed by atoms with van der Waals surface area (Å²) in [5.74, 6) is 0. The van der Waals surface area contributed by atoms with Crippen LogP contribution in [0.3, 0.4) is 0 Å². The first-order valence-electron chi connectivity index (χ1n) is 6.91. The monoisotopic (exact) mass is 350 g/mol. The molecule has 0 amide bonds. The Morgan fingerprint density at radius 1 is 1.32 bits per heavy atom. The first kappa shape index (κ1) is 19.6. The van der Waals surface area contributed by atoms with Crippen molar-refractivity contribution in [3.05, 3.63) is 0 Å². The van der Waals surface area contributed by atoms with Gasteiger partial charge in [-0.15, -0.1) is 0 Å². The molecule has 132 valence electrons. The average molecular weight is 350 g/mol. The topological polar surface area (TPSA) is 71.1 Å². The quantitative estimate of drug-likeness (QED) is 0.398. The number of methoxy groups -OCH3 is 1. The van der Waals surface area contributed by atoms with Crippen molar-refractivity contribution < 1.29 is 40.0 Å². The summed E-state index contributed by atoms with van der Waals surface area (Å²) in [6.07, 6.45) is -2.04. The second-order valence-electron chi connectivity index (χ2n) is 4.97. The van der Waals surface area contributed by atoms with E-state index in [9.17, 15) is 21.6 Å². The fraction of sp³-hybridized carbons (Fsp3) is 1.00. The lowest BCUT2D eigenvalue weighted by Crippen LogP contribution is -2.51. The third kappa shape index (κ3) is 5.05. The van der Waals surface area contributed by atoms with Crippen LogP contribution in [0.25, 0.3) is 0 Å². The standard InChI is InChI=1S/C12H21F3O6S/c1-4-5-6-19-10-7-9(18-3)11(8(2)20-10)21-22(16,17)12(13,14)15/h8-11H,4-7H2,1-3H3/t8-,9-,10-,11-/m0/s1. The normalized spacial score (nSPS) is 30.5. The molecule has 4 atom stereocenters. The number of hydrogen-bond acceptors (Lipinski definition) is 6. The molecule has 0 aromatic carbocycles. The molecule has 0 aliphatic carbocycles. The van der Waals surface area contributed by atoms with Gasteiger partial charge in [-0.2, -0.15) is 21.6 Å². The molecule has 1 heterocycles. The number of hydrogen-bond donors (Lipinski definition) is 0. The van der Waals surface area contributed by atoms with Gasteiger partial charge in [0.2, 0.25) is 0 Å². The van der Waals surface area contributed by atoms with Crippen LogP contribution < -0.4 is 0 Å². The molecule has 10 heteroatoms. The van der Waals surface area contributed by atoms with E-state index < -0.39 is 40.2 Å². The maximum atomic E-state index is 12.4. The van der Waals surface area contributed by atoms with Gasteiger partial charge in [0.25, 0.3) is 0 Å². The molecule has 0 saturated carbocycles. The van der Waals surface area contributed by atoms with Crippen molar-refractivity contribution in [2.24, 2.45) is 0 Å². The summed E-state index contributed by atoms with van der Waals surface area (Å²) in [5.41, 5.74) is -5.49. The lowest BCUT2D eigenvalue weighted by Gasteiger charge is -2.38. The lowest BCUT2D eigenvalue weighted by atomic mass is 10.0. The summed E-state index contributed by atoms with van der Waals surface area (Å²) in [6, 6.07) is 0. The van der Waals surface area contributed by atoms with Crippen LogP contribution in [0.2, 0.25) is 0 Å². The Hall–Kier alpha value is -0.420. The number of alkyl halides is 3. The zero-order chi connectivity index (χ0) is 17.0. The molecule has 0 radical (unpaired) electrons. The highest BCUT2D eigenvalue weighted by Gasteiger charge is 2.51. The highest BCUT2D eigenvalue weighted by molar-refractivity contribution is 7.87. The van der Waals surface area contributed by atoms with Gasteiger partial charge in [-0.3, -0.25) is 4.18 Å². The van der Waals surface area contributed by atoms with E-state index in [1.54, 1.807) is 0 Å². The third-order valence-electron chi connectivity index (χ3n) is 3.25. The molecule has 0 unspecified atom stereocenters. The van der Waals surface area contributed by atoms with Crippen LogP contribution in [0, 0.1) is 0 Å². The Bertz CT molecular complexity index is 439. The zero-order valence-corrected chi connectivity index (χ0v) is 13.4. The second-order valence-corrected chi connectivity index (χ2v) is 6.53. The van der Waals surface area contributed by atoms with E-state index >= 15 is 0 Å². The summed E-state index contributed by atoms with van der Waals surface area (Å²) < 4.78 is 79.6. The summed E-state index contributed by atoms with van der Waals surface area (Å²) in [6.45, 7) is 3.84. The average Bonchev–Trinajstić information content (AvgIpc) is 2.40. The summed E-state index contributed by atoms with van der Waals surface area (Å²) in [5, 5.41) is 0. The van der Waals surface area contributed by atoms with Gasteiger partial charge in [-0.05, 0) is 13.3 Å². The Labute approximate surface area is 128 Å². The summed E-state index contributed by atoms with van der Waals surface area (Å²) in [7, 11) is -4.45. The molecule has 1 aliphatic rings. The van der Waals surface area contributed by atoms with E-state index in [-0.39, 0.29) is 6.42 Å². The van der Waals surface area contributed by atoms with Crippen LogP contribution >= 0.6 is 0 Å². The minimum absolute atomic E-state index is 0.0859.